The van der Waals surface area contributed by atoms with Gasteiger partial charge in [-0.1, -0.05) is 36.4 Å². The lowest BCUT2D eigenvalue weighted by atomic mass is 10.0. The number of hydrogen-bond donors (Lipinski definition) is 0. The van der Waals surface area contributed by atoms with E-state index >= 15 is 0 Å². The van der Waals surface area contributed by atoms with E-state index in [1.54, 1.807) is 6.92 Å². The summed E-state index contributed by atoms with van der Waals surface area (Å²) < 4.78 is 29.7. The van der Waals surface area contributed by atoms with Crippen molar-refractivity contribution in [1.82, 2.24) is 0 Å². The highest BCUT2D eigenvalue weighted by molar-refractivity contribution is 5.86. The number of ether oxygens (including phenoxy) is 3. The first-order valence-electron chi connectivity index (χ1n) is 9.31. The van der Waals surface area contributed by atoms with Crippen molar-refractivity contribution in [1.29, 1.82) is 0 Å². The Bertz CT molecular complexity index is 1060. The second kappa shape index (κ2) is 7.54. The highest BCUT2D eigenvalue weighted by Crippen LogP contribution is 2.33. The number of cyclic esters (lactones) is 1. The van der Waals surface area contributed by atoms with Crippen molar-refractivity contribution in [3.05, 3.63) is 78.1 Å². The summed E-state index contributed by atoms with van der Waals surface area (Å²) >= 11 is 0. The van der Waals surface area contributed by atoms with E-state index in [2.05, 4.69) is 0 Å². The summed E-state index contributed by atoms with van der Waals surface area (Å²) in [5, 5.41) is 2.10. The minimum Gasteiger partial charge on any atom is -0.452 e. The third-order valence-electron chi connectivity index (χ3n) is 4.87. The highest BCUT2D eigenvalue weighted by atomic mass is 19.1. The van der Waals surface area contributed by atoms with Crippen LogP contribution in [-0.2, 0) is 19.1 Å². The summed E-state index contributed by atoms with van der Waals surface area (Å²) in [6.45, 7) is 1.74. The van der Waals surface area contributed by atoms with Crippen LogP contribution in [-0.4, -0.2) is 17.7 Å². The van der Waals surface area contributed by atoms with Gasteiger partial charge >= 0.3 is 17.7 Å². The van der Waals surface area contributed by atoms with Crippen molar-refractivity contribution in [3.63, 3.8) is 0 Å². The molecule has 1 saturated heterocycles. The number of benzene rings is 3. The standard InChI is InChI=1S/C23H19FO5/c1-15(17-7-6-16-4-2-3-5-18(16)14-17)27-22(26)23(13-12-21(25)29-23)28-20-10-8-19(24)9-11-20/h2-11,14-15H,12-13H2,1H3. The summed E-state index contributed by atoms with van der Waals surface area (Å²) in [6, 6.07) is 18.8. The smallest absolute Gasteiger partial charge is 0.393 e. The van der Waals surface area contributed by atoms with Gasteiger partial charge in [0.2, 0.25) is 0 Å². The summed E-state index contributed by atoms with van der Waals surface area (Å²) in [6.07, 6.45) is -0.534. The summed E-state index contributed by atoms with van der Waals surface area (Å²) in [5.41, 5.74) is 0.804. The molecule has 29 heavy (non-hydrogen) atoms. The Kier molecular flexibility index (Phi) is 4.92. The molecule has 148 valence electrons. The van der Waals surface area contributed by atoms with Crippen LogP contribution in [0.4, 0.5) is 4.39 Å². The molecule has 0 amide bonds. The van der Waals surface area contributed by atoms with Gasteiger partial charge in [0.1, 0.15) is 17.7 Å². The van der Waals surface area contributed by atoms with Gasteiger partial charge in [-0.05, 0) is 53.6 Å². The van der Waals surface area contributed by atoms with Gasteiger partial charge < -0.3 is 14.2 Å². The van der Waals surface area contributed by atoms with Crippen LogP contribution in [0.25, 0.3) is 10.8 Å². The minimum absolute atomic E-state index is 0.0203. The molecule has 2 atom stereocenters. The zero-order valence-electron chi connectivity index (χ0n) is 15.8. The Morgan fingerprint density at radius 1 is 1.07 bits per heavy atom. The van der Waals surface area contributed by atoms with E-state index < -0.39 is 29.6 Å². The fraction of sp³-hybridized carbons (Fsp3) is 0.217. The minimum atomic E-state index is -1.87. The molecule has 0 aliphatic carbocycles. The van der Waals surface area contributed by atoms with E-state index in [1.165, 1.54) is 24.3 Å². The Balaban J connectivity index is 1.55. The maximum Gasteiger partial charge on any atom is 0.393 e. The van der Waals surface area contributed by atoms with Crippen LogP contribution in [0.3, 0.4) is 0 Å². The molecule has 1 heterocycles. The van der Waals surface area contributed by atoms with Crippen LogP contribution in [0.15, 0.2) is 66.7 Å². The monoisotopic (exact) mass is 394 g/mol. The quantitative estimate of drug-likeness (QED) is 0.587. The zero-order chi connectivity index (χ0) is 20.4. The topological polar surface area (TPSA) is 61.8 Å². The van der Waals surface area contributed by atoms with Crippen LogP contribution in [0, 0.1) is 5.82 Å². The molecule has 1 aliphatic rings. The molecule has 0 bridgehead atoms. The van der Waals surface area contributed by atoms with Crippen LogP contribution in [0.2, 0.25) is 0 Å². The largest absolute Gasteiger partial charge is 0.452 e. The summed E-state index contributed by atoms with van der Waals surface area (Å²) in [4.78, 5) is 24.7. The molecule has 1 aliphatic heterocycles. The molecular weight excluding hydrogens is 375 g/mol. The van der Waals surface area contributed by atoms with Gasteiger partial charge in [0.25, 0.3) is 0 Å². The van der Waals surface area contributed by atoms with Crippen molar-refractivity contribution in [2.24, 2.45) is 0 Å². The highest BCUT2D eigenvalue weighted by Gasteiger charge is 2.52. The molecule has 0 radical (unpaired) electrons. The number of fused-ring (bicyclic) bond motifs is 1. The summed E-state index contributed by atoms with van der Waals surface area (Å²) in [5.74, 6) is -3.46. The first-order valence-corrected chi connectivity index (χ1v) is 9.31. The Hall–Kier alpha value is -3.41. The molecular formula is C23H19FO5. The molecule has 2 unspecified atom stereocenters. The second-order valence-corrected chi connectivity index (χ2v) is 6.94. The maximum absolute atomic E-state index is 13.2. The molecule has 6 heteroatoms. The lowest BCUT2D eigenvalue weighted by Crippen LogP contribution is -2.46. The lowest BCUT2D eigenvalue weighted by Gasteiger charge is -2.27. The van der Waals surface area contributed by atoms with Gasteiger partial charge in [-0.25, -0.2) is 9.18 Å². The average molecular weight is 394 g/mol. The number of hydrogen-bond acceptors (Lipinski definition) is 5. The maximum atomic E-state index is 13.2. The van der Waals surface area contributed by atoms with Gasteiger partial charge in [-0.2, -0.15) is 0 Å². The molecule has 3 aromatic rings. The van der Waals surface area contributed by atoms with Gasteiger partial charge in [-0.15, -0.1) is 0 Å². The Morgan fingerprint density at radius 3 is 2.48 bits per heavy atom. The van der Waals surface area contributed by atoms with Crippen molar-refractivity contribution >= 4 is 22.7 Å². The van der Waals surface area contributed by atoms with Gasteiger partial charge in [0.15, 0.2) is 0 Å². The van der Waals surface area contributed by atoms with Crippen LogP contribution in [0.5, 0.6) is 5.75 Å². The fourth-order valence-corrected chi connectivity index (χ4v) is 3.28. The average Bonchev–Trinajstić information content (AvgIpc) is 3.11. The van der Waals surface area contributed by atoms with E-state index in [4.69, 9.17) is 14.2 Å². The molecule has 0 N–H and O–H groups in total. The van der Waals surface area contributed by atoms with Crippen molar-refractivity contribution in [2.75, 3.05) is 0 Å². The molecule has 1 fully saturated rings. The number of carbonyl (C=O) groups is 2. The lowest BCUT2D eigenvalue weighted by molar-refractivity contribution is -0.210. The van der Waals surface area contributed by atoms with E-state index in [0.29, 0.717) is 0 Å². The van der Waals surface area contributed by atoms with E-state index in [9.17, 15) is 14.0 Å². The normalized spacial score (nSPS) is 19.6. The Morgan fingerprint density at radius 2 is 1.79 bits per heavy atom. The molecule has 0 aromatic heterocycles. The first kappa shape index (κ1) is 18.9. The third-order valence-corrected chi connectivity index (χ3v) is 4.87. The molecule has 5 nitrogen and oxygen atoms in total. The molecule has 0 saturated carbocycles. The van der Waals surface area contributed by atoms with Crippen molar-refractivity contribution in [3.8, 4) is 5.75 Å². The first-order chi connectivity index (χ1) is 13.9. The van der Waals surface area contributed by atoms with Crippen LogP contribution >= 0.6 is 0 Å². The number of esters is 2. The van der Waals surface area contributed by atoms with Gasteiger partial charge in [-0.3, -0.25) is 4.79 Å². The number of rotatable bonds is 5. The van der Waals surface area contributed by atoms with Crippen molar-refractivity contribution < 1.29 is 28.2 Å². The fourth-order valence-electron chi connectivity index (χ4n) is 3.28. The van der Waals surface area contributed by atoms with Crippen molar-refractivity contribution in [2.45, 2.75) is 31.7 Å². The second-order valence-electron chi connectivity index (χ2n) is 6.94. The van der Waals surface area contributed by atoms with Crippen LogP contribution < -0.4 is 4.74 Å². The van der Waals surface area contributed by atoms with Gasteiger partial charge in [0, 0.05) is 6.42 Å². The van der Waals surface area contributed by atoms with E-state index in [1.807, 2.05) is 42.5 Å². The molecule has 0 spiro atoms. The zero-order valence-corrected chi connectivity index (χ0v) is 15.8. The third kappa shape index (κ3) is 3.92. The Labute approximate surface area is 167 Å². The van der Waals surface area contributed by atoms with Crippen LogP contribution in [0.1, 0.15) is 31.4 Å². The number of carbonyl (C=O) groups excluding carboxylic acids is 2. The van der Waals surface area contributed by atoms with Gasteiger partial charge in [0.05, 0.1) is 6.42 Å². The predicted octanol–water partition coefficient (Wildman–Crippen LogP) is 4.70. The molecule has 3 aromatic carbocycles. The van der Waals surface area contributed by atoms with E-state index in [-0.39, 0.29) is 18.6 Å². The predicted molar refractivity (Wildman–Crippen MR) is 104 cm³/mol. The SMILES string of the molecule is CC(OC(=O)C1(Oc2ccc(F)cc2)CCC(=O)O1)c1ccc2ccccc2c1. The molecule has 4 rings (SSSR count). The van der Waals surface area contributed by atoms with E-state index in [0.717, 1.165) is 16.3 Å². The number of halogens is 1. The summed E-state index contributed by atoms with van der Waals surface area (Å²) in [7, 11) is 0.